The van der Waals surface area contributed by atoms with Gasteiger partial charge in [-0.2, -0.15) is 0 Å². The minimum absolute atomic E-state index is 0.0406. The molecule has 1 saturated carbocycles. The summed E-state index contributed by atoms with van der Waals surface area (Å²) in [7, 11) is 0. The number of hydrogen-bond acceptors (Lipinski definition) is 7. The normalized spacial score (nSPS) is 22.4. The lowest BCUT2D eigenvalue weighted by Crippen LogP contribution is -2.60. The number of amides is 4. The fraction of sp³-hybridized carbons (Fsp3) is 0.594. The van der Waals surface area contributed by atoms with Crippen molar-refractivity contribution in [2.45, 2.75) is 109 Å². The van der Waals surface area contributed by atoms with Crippen LogP contribution in [0.3, 0.4) is 0 Å². The molecule has 2 fully saturated rings. The molecule has 5 atom stereocenters. The first-order valence-corrected chi connectivity index (χ1v) is 15.9. The molecule has 0 radical (unpaired) electrons. The molecule has 13 heteroatoms. The molecule has 1 aromatic carbocycles. The number of benzene rings is 1. The highest BCUT2D eigenvalue weighted by atomic mass is 32.1. The van der Waals surface area contributed by atoms with E-state index in [0.29, 0.717) is 5.56 Å². The zero-order valence-corrected chi connectivity index (χ0v) is 27.6. The second-order valence-corrected chi connectivity index (χ2v) is 15.0. The minimum atomic E-state index is -2.14. The molecule has 2 aromatic rings. The van der Waals surface area contributed by atoms with Crippen LogP contribution in [-0.4, -0.2) is 80.7 Å². The van der Waals surface area contributed by atoms with Crippen LogP contribution in [-0.2, 0) is 19.2 Å². The van der Waals surface area contributed by atoms with Crippen molar-refractivity contribution in [2.75, 3.05) is 6.54 Å². The fourth-order valence-electron chi connectivity index (χ4n) is 5.33. The van der Waals surface area contributed by atoms with Gasteiger partial charge in [0, 0.05) is 5.54 Å². The predicted molar refractivity (Wildman–Crippen MR) is 167 cm³/mol. The Morgan fingerprint density at radius 2 is 1.71 bits per heavy atom. The minimum Gasteiger partial charge on any atom is -0.388 e. The first-order chi connectivity index (χ1) is 20.8. The van der Waals surface area contributed by atoms with E-state index < -0.39 is 71.3 Å². The van der Waals surface area contributed by atoms with Crippen LogP contribution < -0.4 is 16.0 Å². The van der Waals surface area contributed by atoms with Gasteiger partial charge in [-0.3, -0.25) is 19.2 Å². The molecular formula is C32H43F2N5O5S. The van der Waals surface area contributed by atoms with E-state index in [-0.39, 0.29) is 25.2 Å². The predicted octanol–water partition coefficient (Wildman–Crippen LogP) is 3.52. The number of rotatable bonds is 9. The molecule has 1 saturated heterocycles. The van der Waals surface area contributed by atoms with Crippen molar-refractivity contribution in [3.8, 4) is 10.4 Å². The van der Waals surface area contributed by atoms with Crippen molar-refractivity contribution in [1.29, 1.82) is 0 Å². The molecule has 4 amide bonds. The van der Waals surface area contributed by atoms with E-state index in [9.17, 15) is 28.7 Å². The molecule has 2 heterocycles. The Morgan fingerprint density at radius 1 is 1.09 bits per heavy atom. The molecule has 0 bridgehead atoms. The summed E-state index contributed by atoms with van der Waals surface area (Å²) in [6.45, 7) is 11.8. The number of carbonyl (C=O) groups excluding carboxylic acids is 4. The van der Waals surface area contributed by atoms with Crippen molar-refractivity contribution >= 4 is 35.0 Å². The number of likely N-dealkylation sites (tertiary alicyclic amines) is 1. The van der Waals surface area contributed by atoms with Gasteiger partial charge in [0.15, 0.2) is 11.8 Å². The number of β-amino-alcohol motifs (C(OH)–C–C–N with tert-alkyl or cyclic N) is 1. The Hall–Kier alpha value is -3.45. The standard InChI is InChI=1S/C32H43F2N5O5S/c1-17-25(45-16-35-17)19-10-8-18(9-11-19)20(14-22(41)38-31(5,6)7)36-27(42)24-23(33)21(40)15-39(24)28(43)26(30(2,3)4)37-29(44)32(34)12-13-32/h8-11,16,20-21,23-24,26,40H,12-15H2,1-7H3,(H,36,42)(H,37,44)(H,38,41)/t20-,21-,23-,24-,26+/m0/s1. The van der Waals surface area contributed by atoms with Gasteiger partial charge in [0.05, 0.1) is 35.1 Å². The largest absolute Gasteiger partial charge is 0.388 e. The summed E-state index contributed by atoms with van der Waals surface area (Å²) < 4.78 is 30.0. The maximum absolute atomic E-state index is 15.5. The van der Waals surface area contributed by atoms with Gasteiger partial charge in [0.25, 0.3) is 5.91 Å². The number of carbonyl (C=O) groups is 4. The zero-order chi connectivity index (χ0) is 33.5. The fourth-order valence-corrected chi connectivity index (χ4v) is 6.14. The number of aromatic nitrogens is 1. The third-order valence-corrected chi connectivity index (χ3v) is 8.94. The van der Waals surface area contributed by atoms with Crippen LogP contribution in [0.4, 0.5) is 8.78 Å². The highest BCUT2D eigenvalue weighted by Gasteiger charge is 2.55. The summed E-state index contributed by atoms with van der Waals surface area (Å²) in [6.07, 6.45) is -3.90. The molecule has 1 aliphatic carbocycles. The molecule has 4 N–H and O–H groups in total. The SMILES string of the molecule is Cc1ncsc1-c1ccc([C@H](CC(=O)NC(C)(C)C)NC(=O)[C@@H]2[C@@H](F)[C@@H](O)CN2C(=O)[C@@H](NC(=O)C2(F)CC2)C(C)(C)C)cc1. The van der Waals surface area contributed by atoms with Gasteiger partial charge in [-0.25, -0.2) is 13.8 Å². The number of aryl methyl sites for hydroxylation is 1. The van der Waals surface area contributed by atoms with Crippen LogP contribution in [0.1, 0.15) is 78.1 Å². The van der Waals surface area contributed by atoms with Crippen molar-refractivity contribution in [1.82, 2.24) is 25.8 Å². The Morgan fingerprint density at radius 3 is 2.22 bits per heavy atom. The number of thiazole rings is 1. The summed E-state index contributed by atoms with van der Waals surface area (Å²) >= 11 is 1.48. The van der Waals surface area contributed by atoms with Crippen molar-refractivity contribution in [3.63, 3.8) is 0 Å². The Bertz CT molecular complexity index is 1430. The summed E-state index contributed by atoms with van der Waals surface area (Å²) in [5.41, 5.74) is 0.553. The third kappa shape index (κ3) is 8.04. The lowest BCUT2D eigenvalue weighted by atomic mass is 9.85. The number of nitrogens with one attached hydrogen (secondary N) is 3. The molecule has 45 heavy (non-hydrogen) atoms. The molecule has 4 rings (SSSR count). The van der Waals surface area contributed by atoms with E-state index in [1.807, 2.05) is 39.8 Å². The average Bonchev–Trinajstić information content (AvgIpc) is 3.42. The molecule has 246 valence electrons. The Balaban J connectivity index is 1.60. The summed E-state index contributed by atoms with van der Waals surface area (Å²) in [5.74, 6) is -3.02. The van der Waals surface area contributed by atoms with Gasteiger partial charge >= 0.3 is 0 Å². The summed E-state index contributed by atoms with van der Waals surface area (Å²) in [5, 5.41) is 18.5. The van der Waals surface area contributed by atoms with Crippen LogP contribution in [0.5, 0.6) is 0 Å². The zero-order valence-electron chi connectivity index (χ0n) is 26.7. The van der Waals surface area contributed by atoms with Crippen LogP contribution in [0, 0.1) is 12.3 Å². The first-order valence-electron chi connectivity index (χ1n) is 15.0. The lowest BCUT2D eigenvalue weighted by Gasteiger charge is -2.36. The van der Waals surface area contributed by atoms with Gasteiger partial charge in [-0.15, -0.1) is 11.3 Å². The quantitative estimate of drug-likeness (QED) is 0.329. The van der Waals surface area contributed by atoms with Crippen molar-refractivity contribution in [3.05, 3.63) is 41.0 Å². The van der Waals surface area contributed by atoms with Gasteiger partial charge in [0.1, 0.15) is 18.2 Å². The lowest BCUT2D eigenvalue weighted by molar-refractivity contribution is -0.146. The third-order valence-electron chi connectivity index (χ3n) is 7.97. The van der Waals surface area contributed by atoms with Gasteiger partial charge in [0.2, 0.25) is 17.7 Å². The van der Waals surface area contributed by atoms with Gasteiger partial charge < -0.3 is 26.0 Å². The number of halogens is 2. The van der Waals surface area contributed by atoms with Crippen LogP contribution in [0.15, 0.2) is 29.8 Å². The first kappa shape index (κ1) is 34.4. The number of aliphatic hydroxyl groups excluding tert-OH is 1. The van der Waals surface area contributed by atoms with E-state index in [0.717, 1.165) is 21.0 Å². The number of nitrogens with zero attached hydrogens (tertiary/aromatic N) is 2. The highest BCUT2D eigenvalue weighted by Crippen LogP contribution is 2.40. The van der Waals surface area contributed by atoms with E-state index >= 15 is 4.39 Å². The summed E-state index contributed by atoms with van der Waals surface area (Å²) in [4.78, 5) is 59.3. The molecule has 0 unspecified atom stereocenters. The summed E-state index contributed by atoms with van der Waals surface area (Å²) in [6, 6.07) is 3.27. The van der Waals surface area contributed by atoms with E-state index in [1.54, 1.807) is 38.4 Å². The van der Waals surface area contributed by atoms with Gasteiger partial charge in [-0.05, 0) is 57.1 Å². The van der Waals surface area contributed by atoms with Crippen LogP contribution in [0.2, 0.25) is 0 Å². The van der Waals surface area contributed by atoms with Crippen molar-refractivity contribution in [2.24, 2.45) is 5.41 Å². The maximum Gasteiger partial charge on any atom is 0.258 e. The highest BCUT2D eigenvalue weighted by molar-refractivity contribution is 7.13. The van der Waals surface area contributed by atoms with E-state index in [4.69, 9.17) is 0 Å². The number of alkyl halides is 2. The second kappa shape index (κ2) is 12.7. The van der Waals surface area contributed by atoms with Crippen molar-refractivity contribution < 1.29 is 33.1 Å². The molecule has 10 nitrogen and oxygen atoms in total. The topological polar surface area (TPSA) is 141 Å². The molecule has 0 spiro atoms. The Kier molecular flexibility index (Phi) is 9.75. The molecule has 1 aromatic heterocycles. The molecule has 2 aliphatic rings. The smallest absolute Gasteiger partial charge is 0.258 e. The molecular weight excluding hydrogens is 604 g/mol. The molecule has 1 aliphatic heterocycles. The van der Waals surface area contributed by atoms with E-state index in [1.165, 1.54) is 11.3 Å². The maximum atomic E-state index is 15.5. The van der Waals surface area contributed by atoms with Gasteiger partial charge in [-0.1, -0.05) is 45.0 Å². The van der Waals surface area contributed by atoms with Crippen LogP contribution >= 0.6 is 11.3 Å². The second-order valence-electron chi connectivity index (χ2n) is 14.1. The number of aliphatic hydroxyl groups is 1. The number of hydrogen-bond donors (Lipinski definition) is 4. The monoisotopic (exact) mass is 647 g/mol. The van der Waals surface area contributed by atoms with E-state index in [2.05, 4.69) is 20.9 Å². The Labute approximate surface area is 266 Å². The average molecular weight is 648 g/mol. The van der Waals surface area contributed by atoms with Crippen LogP contribution in [0.25, 0.3) is 10.4 Å².